The summed E-state index contributed by atoms with van der Waals surface area (Å²) in [5.74, 6) is -1.55. The van der Waals surface area contributed by atoms with E-state index in [1.165, 1.54) is 6.07 Å². The lowest BCUT2D eigenvalue weighted by atomic mass is 10.2. The zero-order valence-corrected chi connectivity index (χ0v) is 12.5. The summed E-state index contributed by atoms with van der Waals surface area (Å²) in [6.45, 7) is -0.517. The Labute approximate surface area is 132 Å². The molecule has 0 aliphatic rings. The number of carbonyl (C=O) groups excluding carboxylic acids is 1. The van der Waals surface area contributed by atoms with Crippen molar-refractivity contribution in [3.8, 4) is 5.75 Å². The number of Topliss-reactive ketones (excluding diaryl/α,β-unsaturated/α-hetero) is 1. The minimum atomic E-state index is -0.728. The standard InChI is InChI=1S/C12H6Cl2FNO4S/c13-11-4-7(12(14)21-11)9(17)5-20-10-3-6(15)1-2-8(10)16(18)19/h1-4H,5H2. The van der Waals surface area contributed by atoms with Crippen molar-refractivity contribution < 1.29 is 18.8 Å². The number of hydrogen-bond acceptors (Lipinski definition) is 5. The molecule has 2 rings (SSSR count). The first-order chi connectivity index (χ1) is 9.88. The molecule has 0 saturated carbocycles. The first-order valence-electron chi connectivity index (χ1n) is 5.43. The summed E-state index contributed by atoms with van der Waals surface area (Å²) in [5.41, 5.74) is -0.274. The molecule has 1 heterocycles. The fourth-order valence-electron chi connectivity index (χ4n) is 1.51. The highest BCUT2D eigenvalue weighted by atomic mass is 35.5. The SMILES string of the molecule is O=C(COc1cc(F)ccc1[N+](=O)[O-])c1cc(Cl)sc1Cl. The third kappa shape index (κ3) is 3.69. The minimum Gasteiger partial charge on any atom is -0.478 e. The molecule has 21 heavy (non-hydrogen) atoms. The highest BCUT2D eigenvalue weighted by Gasteiger charge is 2.19. The first-order valence-corrected chi connectivity index (χ1v) is 7.00. The zero-order chi connectivity index (χ0) is 15.6. The highest BCUT2D eigenvalue weighted by Crippen LogP contribution is 2.32. The van der Waals surface area contributed by atoms with Gasteiger partial charge >= 0.3 is 5.69 Å². The van der Waals surface area contributed by atoms with Crippen LogP contribution in [0.5, 0.6) is 5.75 Å². The van der Waals surface area contributed by atoms with Crippen molar-refractivity contribution in [3.63, 3.8) is 0 Å². The molecule has 0 unspecified atom stereocenters. The van der Waals surface area contributed by atoms with Gasteiger partial charge in [0.05, 0.1) is 14.8 Å². The van der Waals surface area contributed by atoms with E-state index < -0.39 is 28.8 Å². The first kappa shape index (κ1) is 15.7. The van der Waals surface area contributed by atoms with Gasteiger partial charge in [-0.25, -0.2) is 4.39 Å². The van der Waals surface area contributed by atoms with Crippen LogP contribution in [-0.4, -0.2) is 17.3 Å². The molecule has 1 aromatic carbocycles. The normalized spacial score (nSPS) is 10.4. The molecule has 0 radical (unpaired) electrons. The molecule has 110 valence electrons. The summed E-state index contributed by atoms with van der Waals surface area (Å²) in [5, 5.41) is 10.8. The van der Waals surface area contributed by atoms with Crippen molar-refractivity contribution >= 4 is 46.0 Å². The molecule has 2 aromatic rings. The van der Waals surface area contributed by atoms with Crippen molar-refractivity contribution in [1.29, 1.82) is 0 Å². The number of thiophene rings is 1. The Hall–Kier alpha value is -1.70. The van der Waals surface area contributed by atoms with Gasteiger partial charge in [0, 0.05) is 12.1 Å². The number of hydrogen-bond donors (Lipinski definition) is 0. The second-order valence-corrected chi connectivity index (χ2v) is 6.10. The summed E-state index contributed by atoms with van der Waals surface area (Å²) in [4.78, 5) is 22.0. The Kier molecular flexibility index (Phi) is 4.76. The number of nitrogens with zero attached hydrogens (tertiary/aromatic N) is 1. The van der Waals surface area contributed by atoms with Crippen LogP contribution < -0.4 is 4.74 Å². The lowest BCUT2D eigenvalue weighted by molar-refractivity contribution is -0.385. The minimum absolute atomic E-state index is 0.158. The Bertz CT molecular complexity index is 719. The van der Waals surface area contributed by atoms with E-state index in [-0.39, 0.29) is 15.6 Å². The lowest BCUT2D eigenvalue weighted by Crippen LogP contribution is -2.12. The highest BCUT2D eigenvalue weighted by molar-refractivity contribution is 7.20. The predicted molar refractivity (Wildman–Crippen MR) is 77.2 cm³/mol. The van der Waals surface area contributed by atoms with Crippen LogP contribution in [-0.2, 0) is 0 Å². The van der Waals surface area contributed by atoms with Gasteiger partial charge in [0.2, 0.25) is 5.78 Å². The van der Waals surface area contributed by atoms with Gasteiger partial charge in [-0.2, -0.15) is 0 Å². The number of rotatable bonds is 5. The average Bonchev–Trinajstić information content (AvgIpc) is 2.74. The average molecular weight is 350 g/mol. The molecule has 0 aliphatic carbocycles. The molecule has 0 fully saturated rings. The van der Waals surface area contributed by atoms with Crippen LogP contribution in [0.3, 0.4) is 0 Å². The van der Waals surface area contributed by atoms with E-state index in [4.69, 9.17) is 27.9 Å². The molecule has 9 heteroatoms. The monoisotopic (exact) mass is 349 g/mol. The Balaban J connectivity index is 2.16. The van der Waals surface area contributed by atoms with Gasteiger partial charge in [0.15, 0.2) is 12.4 Å². The van der Waals surface area contributed by atoms with E-state index >= 15 is 0 Å². The molecule has 0 amide bonds. The molecule has 5 nitrogen and oxygen atoms in total. The van der Waals surface area contributed by atoms with Gasteiger partial charge in [-0.15, -0.1) is 11.3 Å². The van der Waals surface area contributed by atoms with E-state index in [9.17, 15) is 19.3 Å². The van der Waals surface area contributed by atoms with Gasteiger partial charge in [0.1, 0.15) is 10.2 Å². The lowest BCUT2D eigenvalue weighted by Gasteiger charge is -2.05. The number of ether oxygens (including phenoxy) is 1. The molecule has 0 N–H and O–H groups in total. The zero-order valence-electron chi connectivity index (χ0n) is 10.1. The van der Waals surface area contributed by atoms with Gasteiger partial charge in [-0.3, -0.25) is 14.9 Å². The van der Waals surface area contributed by atoms with Gasteiger partial charge in [-0.1, -0.05) is 23.2 Å². The van der Waals surface area contributed by atoms with E-state index in [2.05, 4.69) is 0 Å². The molecule has 0 atom stereocenters. The fraction of sp³-hybridized carbons (Fsp3) is 0.0833. The van der Waals surface area contributed by atoms with E-state index in [0.717, 1.165) is 29.5 Å². The van der Waals surface area contributed by atoms with Crippen LogP contribution in [0.25, 0.3) is 0 Å². The van der Waals surface area contributed by atoms with Crippen molar-refractivity contribution in [1.82, 2.24) is 0 Å². The largest absolute Gasteiger partial charge is 0.478 e. The van der Waals surface area contributed by atoms with Crippen molar-refractivity contribution in [2.75, 3.05) is 6.61 Å². The van der Waals surface area contributed by atoms with Crippen molar-refractivity contribution in [2.45, 2.75) is 0 Å². The van der Waals surface area contributed by atoms with Crippen molar-refractivity contribution in [2.24, 2.45) is 0 Å². The number of benzene rings is 1. The van der Waals surface area contributed by atoms with Crippen LogP contribution in [0.15, 0.2) is 24.3 Å². The van der Waals surface area contributed by atoms with Gasteiger partial charge in [-0.05, 0) is 12.1 Å². The molecule has 0 saturated heterocycles. The van der Waals surface area contributed by atoms with Crippen LogP contribution >= 0.6 is 34.5 Å². The van der Waals surface area contributed by atoms with E-state index in [0.29, 0.717) is 4.34 Å². The fourth-order valence-corrected chi connectivity index (χ4v) is 3.00. The maximum Gasteiger partial charge on any atom is 0.311 e. The summed E-state index contributed by atoms with van der Waals surface area (Å²) in [6, 6.07) is 4.11. The van der Waals surface area contributed by atoms with Crippen LogP contribution in [0, 0.1) is 15.9 Å². The third-order valence-electron chi connectivity index (χ3n) is 2.43. The quantitative estimate of drug-likeness (QED) is 0.456. The molecule has 0 bridgehead atoms. The maximum absolute atomic E-state index is 13.1. The Morgan fingerprint density at radius 1 is 1.38 bits per heavy atom. The summed E-state index contributed by atoms with van der Waals surface area (Å²) in [6.07, 6.45) is 0. The van der Waals surface area contributed by atoms with Crippen molar-refractivity contribution in [3.05, 3.63) is 54.4 Å². The Morgan fingerprint density at radius 2 is 2.10 bits per heavy atom. The second kappa shape index (κ2) is 6.38. The molecule has 1 aromatic heterocycles. The molecule has 0 aliphatic heterocycles. The predicted octanol–water partition coefficient (Wildman–Crippen LogP) is 4.36. The smallest absolute Gasteiger partial charge is 0.311 e. The van der Waals surface area contributed by atoms with E-state index in [1.807, 2.05) is 0 Å². The summed E-state index contributed by atoms with van der Waals surface area (Å²) < 4.78 is 18.7. The number of nitro groups is 1. The summed E-state index contributed by atoms with van der Waals surface area (Å²) >= 11 is 12.6. The number of halogens is 3. The number of nitro benzene ring substituents is 1. The number of ketones is 1. The van der Waals surface area contributed by atoms with Crippen LogP contribution in [0.4, 0.5) is 10.1 Å². The number of carbonyl (C=O) groups is 1. The van der Waals surface area contributed by atoms with Crippen LogP contribution in [0.1, 0.15) is 10.4 Å². The molecule has 0 spiro atoms. The Morgan fingerprint density at radius 3 is 2.67 bits per heavy atom. The molecular weight excluding hydrogens is 344 g/mol. The van der Waals surface area contributed by atoms with Gasteiger partial charge < -0.3 is 4.74 Å². The molecular formula is C12H6Cl2FNO4S. The van der Waals surface area contributed by atoms with E-state index in [1.54, 1.807) is 0 Å². The maximum atomic E-state index is 13.1. The summed E-state index contributed by atoms with van der Waals surface area (Å²) in [7, 11) is 0. The third-order valence-corrected chi connectivity index (χ3v) is 3.92. The second-order valence-electron chi connectivity index (χ2n) is 3.82. The van der Waals surface area contributed by atoms with Gasteiger partial charge in [0.25, 0.3) is 0 Å². The van der Waals surface area contributed by atoms with Crippen LogP contribution in [0.2, 0.25) is 8.67 Å². The topological polar surface area (TPSA) is 69.4 Å².